The number of nitrogens with one attached hydrogen (secondary N) is 2. The van der Waals surface area contributed by atoms with Crippen molar-refractivity contribution in [1.82, 2.24) is 19.6 Å². The Morgan fingerprint density at radius 3 is 1.64 bits per heavy atom. The minimum Gasteiger partial charge on any atom is -0.508 e. The van der Waals surface area contributed by atoms with Gasteiger partial charge in [-0.2, -0.15) is 0 Å². The predicted molar refractivity (Wildman–Crippen MR) is 141 cm³/mol. The van der Waals surface area contributed by atoms with Crippen molar-refractivity contribution in [2.24, 2.45) is 0 Å². The van der Waals surface area contributed by atoms with Crippen LogP contribution < -0.4 is 11.1 Å². The molecule has 3 aromatic carbocycles. The number of benzene rings is 3. The fraction of sp³-hybridized carbons (Fsp3) is 0.111. The van der Waals surface area contributed by atoms with E-state index in [-0.39, 0.29) is 16.9 Å². The first kappa shape index (κ1) is 23.8. The molecule has 0 fully saturated rings. The van der Waals surface area contributed by atoms with Crippen molar-refractivity contribution in [2.75, 3.05) is 0 Å². The van der Waals surface area contributed by atoms with Gasteiger partial charge in [0.1, 0.15) is 5.75 Å². The van der Waals surface area contributed by atoms with Crippen molar-refractivity contribution >= 4 is 23.2 Å². The third-order valence-electron chi connectivity index (χ3n) is 6.20. The van der Waals surface area contributed by atoms with E-state index in [4.69, 9.17) is 23.2 Å². The zero-order valence-corrected chi connectivity index (χ0v) is 20.9. The van der Waals surface area contributed by atoms with Gasteiger partial charge in [0.15, 0.2) is 0 Å². The topological polar surface area (TPSA) is 95.8 Å². The van der Waals surface area contributed by atoms with Crippen LogP contribution in [0.5, 0.6) is 5.75 Å². The monoisotopic (exact) mass is 520 g/mol. The maximum Gasteiger partial charge on any atom is 0.275 e. The van der Waals surface area contributed by atoms with Gasteiger partial charge in [-0.05, 0) is 55.8 Å². The van der Waals surface area contributed by atoms with Crippen LogP contribution in [0.1, 0.15) is 34.0 Å². The molecule has 182 valence electrons. The molecule has 0 spiro atoms. The van der Waals surface area contributed by atoms with Gasteiger partial charge in [-0.3, -0.25) is 19.8 Å². The molecule has 36 heavy (non-hydrogen) atoms. The lowest BCUT2D eigenvalue weighted by molar-refractivity contribution is 0.474. The summed E-state index contributed by atoms with van der Waals surface area (Å²) in [5.41, 5.74) is 2.74. The van der Waals surface area contributed by atoms with Crippen molar-refractivity contribution in [3.05, 3.63) is 132 Å². The van der Waals surface area contributed by atoms with Crippen LogP contribution in [-0.4, -0.2) is 24.7 Å². The maximum absolute atomic E-state index is 13.8. The molecule has 0 aliphatic heterocycles. The molecule has 3 N–H and O–H groups in total. The fourth-order valence-electron chi connectivity index (χ4n) is 4.59. The van der Waals surface area contributed by atoms with Crippen molar-refractivity contribution < 1.29 is 5.11 Å². The van der Waals surface area contributed by atoms with Crippen LogP contribution in [0.25, 0.3) is 11.4 Å². The standard InChI is InChI=1S/C27H22Cl2N4O3/c1-15-23(26(35)32(30-15)21-12-5-3-10-19(21)28)25(17-8-7-9-18(34)14-17)24-16(2)31-33(27(24)36)22-13-6-4-11-20(22)29/h3-14,25,30-31,34H,1-2H3. The van der Waals surface area contributed by atoms with Crippen LogP contribution in [-0.2, 0) is 0 Å². The number of hydrogen-bond acceptors (Lipinski definition) is 3. The number of phenolic OH excluding ortho intramolecular Hbond substituents is 1. The van der Waals surface area contributed by atoms with E-state index in [2.05, 4.69) is 10.2 Å². The lowest BCUT2D eigenvalue weighted by Gasteiger charge is -2.16. The summed E-state index contributed by atoms with van der Waals surface area (Å²) in [6.45, 7) is 3.54. The van der Waals surface area contributed by atoms with Gasteiger partial charge in [0.05, 0.1) is 32.5 Å². The average Bonchev–Trinajstić information content (AvgIpc) is 3.30. The van der Waals surface area contributed by atoms with Crippen molar-refractivity contribution in [3.8, 4) is 17.1 Å². The molecule has 0 bridgehead atoms. The minimum absolute atomic E-state index is 0.0248. The summed E-state index contributed by atoms with van der Waals surface area (Å²) in [6.07, 6.45) is 0. The molecule has 7 nitrogen and oxygen atoms in total. The van der Waals surface area contributed by atoms with Crippen LogP contribution in [0.15, 0.2) is 82.4 Å². The lowest BCUT2D eigenvalue weighted by atomic mass is 9.85. The van der Waals surface area contributed by atoms with E-state index >= 15 is 0 Å². The summed E-state index contributed by atoms with van der Waals surface area (Å²) in [5.74, 6) is -0.756. The van der Waals surface area contributed by atoms with E-state index in [1.165, 1.54) is 9.36 Å². The molecule has 0 aliphatic carbocycles. The summed E-state index contributed by atoms with van der Waals surface area (Å²) in [7, 11) is 0. The molecule has 0 saturated carbocycles. The molecule has 0 unspecified atom stereocenters. The second-order valence-electron chi connectivity index (χ2n) is 8.51. The normalized spacial score (nSPS) is 11.4. The Morgan fingerprint density at radius 1 is 0.722 bits per heavy atom. The Kier molecular flexibility index (Phi) is 6.12. The number of phenols is 1. The molecule has 0 saturated heterocycles. The molecule has 9 heteroatoms. The number of aryl methyl sites for hydroxylation is 2. The molecule has 0 atom stereocenters. The van der Waals surface area contributed by atoms with Gasteiger partial charge >= 0.3 is 0 Å². The SMILES string of the molecule is Cc1[nH]n(-c2ccccc2Cl)c(=O)c1C(c1cccc(O)c1)c1c(C)[nH]n(-c2ccccc2Cl)c1=O. The van der Waals surface area contributed by atoms with E-state index in [0.717, 1.165) is 0 Å². The zero-order chi connectivity index (χ0) is 25.6. The molecule has 0 aliphatic rings. The Balaban J connectivity index is 1.80. The lowest BCUT2D eigenvalue weighted by Crippen LogP contribution is -2.25. The Labute approximate surface area is 216 Å². The second kappa shape index (κ2) is 9.26. The number of nitrogens with zero attached hydrogens (tertiary/aromatic N) is 2. The van der Waals surface area contributed by atoms with Crippen LogP contribution in [0.4, 0.5) is 0 Å². The zero-order valence-electron chi connectivity index (χ0n) is 19.4. The van der Waals surface area contributed by atoms with E-state index in [1.54, 1.807) is 86.6 Å². The number of aromatic hydroxyl groups is 1. The molecule has 0 radical (unpaired) electrons. The fourth-order valence-corrected chi connectivity index (χ4v) is 5.03. The number of rotatable bonds is 5. The van der Waals surface area contributed by atoms with Crippen LogP contribution in [0.2, 0.25) is 10.0 Å². The van der Waals surface area contributed by atoms with Gasteiger partial charge in [-0.1, -0.05) is 59.6 Å². The first-order valence-electron chi connectivity index (χ1n) is 11.2. The van der Waals surface area contributed by atoms with E-state index < -0.39 is 5.92 Å². The molecular formula is C27H22Cl2N4O3. The molecule has 2 heterocycles. The van der Waals surface area contributed by atoms with Gasteiger partial charge < -0.3 is 5.11 Å². The van der Waals surface area contributed by atoms with Crippen molar-refractivity contribution in [2.45, 2.75) is 19.8 Å². The third-order valence-corrected chi connectivity index (χ3v) is 6.84. The van der Waals surface area contributed by atoms with Crippen molar-refractivity contribution in [1.29, 1.82) is 0 Å². The number of para-hydroxylation sites is 2. The number of hydrogen-bond donors (Lipinski definition) is 3. The molecule has 5 aromatic rings. The Bertz CT molecular complexity index is 1610. The van der Waals surface area contributed by atoms with Crippen LogP contribution in [0.3, 0.4) is 0 Å². The number of H-pyrrole nitrogens is 2. The van der Waals surface area contributed by atoms with Crippen LogP contribution >= 0.6 is 23.2 Å². The Morgan fingerprint density at radius 2 is 1.19 bits per heavy atom. The molecule has 2 aromatic heterocycles. The number of aromatic nitrogens is 4. The highest BCUT2D eigenvalue weighted by Gasteiger charge is 2.31. The van der Waals surface area contributed by atoms with Gasteiger partial charge in [0, 0.05) is 17.3 Å². The largest absolute Gasteiger partial charge is 0.508 e. The second-order valence-corrected chi connectivity index (χ2v) is 9.33. The smallest absolute Gasteiger partial charge is 0.275 e. The van der Waals surface area contributed by atoms with Gasteiger partial charge in [-0.15, -0.1) is 0 Å². The molecule has 0 amide bonds. The summed E-state index contributed by atoms with van der Waals surface area (Å²) in [4.78, 5) is 27.7. The van der Waals surface area contributed by atoms with E-state index in [0.29, 0.717) is 49.5 Å². The third kappa shape index (κ3) is 3.96. The maximum atomic E-state index is 13.8. The van der Waals surface area contributed by atoms with E-state index in [1.807, 2.05) is 0 Å². The highest BCUT2D eigenvalue weighted by atomic mass is 35.5. The highest BCUT2D eigenvalue weighted by molar-refractivity contribution is 6.32. The van der Waals surface area contributed by atoms with Gasteiger partial charge in [0.2, 0.25) is 0 Å². The quantitative estimate of drug-likeness (QED) is 0.287. The summed E-state index contributed by atoms with van der Waals surface area (Å²) >= 11 is 12.8. The van der Waals surface area contributed by atoms with Crippen molar-refractivity contribution in [3.63, 3.8) is 0 Å². The number of halogens is 2. The van der Waals surface area contributed by atoms with Crippen LogP contribution in [0, 0.1) is 13.8 Å². The first-order chi connectivity index (χ1) is 17.3. The highest BCUT2D eigenvalue weighted by Crippen LogP contribution is 2.34. The summed E-state index contributed by atoms with van der Waals surface area (Å²) < 4.78 is 2.74. The minimum atomic E-state index is -0.780. The number of aromatic amines is 2. The molecule has 5 rings (SSSR count). The summed E-state index contributed by atoms with van der Waals surface area (Å²) in [6, 6.07) is 20.6. The van der Waals surface area contributed by atoms with Gasteiger partial charge in [0.25, 0.3) is 11.1 Å². The first-order valence-corrected chi connectivity index (χ1v) is 11.9. The predicted octanol–water partition coefficient (Wildman–Crippen LogP) is 5.45. The Hall–Kier alpha value is -3.94. The van der Waals surface area contributed by atoms with Gasteiger partial charge in [-0.25, -0.2) is 9.36 Å². The average molecular weight is 521 g/mol. The molecular weight excluding hydrogens is 499 g/mol. The van der Waals surface area contributed by atoms with E-state index in [9.17, 15) is 14.7 Å². The summed E-state index contributed by atoms with van der Waals surface area (Å²) in [5, 5.41) is 17.3.